The fourth-order valence-electron chi connectivity index (χ4n) is 2.51. The molecule has 0 amide bonds. The van der Waals surface area contributed by atoms with E-state index in [9.17, 15) is 18.5 Å². The number of benzene rings is 1. The molecule has 1 aromatic rings. The van der Waals surface area contributed by atoms with Crippen molar-refractivity contribution in [2.75, 3.05) is 12.0 Å². The smallest absolute Gasteiger partial charge is 0.294 e. The number of sulfonamides is 1. The second-order valence-corrected chi connectivity index (χ2v) is 6.93. The molecule has 1 saturated heterocycles. The first-order chi connectivity index (χ1) is 9.87. The maximum absolute atomic E-state index is 12.6. The highest BCUT2D eigenvalue weighted by molar-refractivity contribution is 7.89. The fourth-order valence-corrected chi connectivity index (χ4v) is 4.23. The van der Waals surface area contributed by atoms with Gasteiger partial charge in [-0.3, -0.25) is 16.0 Å². The zero-order valence-electron chi connectivity index (χ0n) is 11.7. The lowest BCUT2D eigenvalue weighted by Gasteiger charge is -2.32. The molecule has 1 aromatic carbocycles. The Bertz CT molecular complexity index is 647. The molecule has 1 fully saturated rings. The Morgan fingerprint density at radius 3 is 2.71 bits per heavy atom. The number of nitrogens with one attached hydrogen (secondary N) is 1. The van der Waals surface area contributed by atoms with E-state index in [1.54, 1.807) is 0 Å². The third kappa shape index (κ3) is 2.99. The van der Waals surface area contributed by atoms with Crippen LogP contribution < -0.4 is 11.3 Å². The van der Waals surface area contributed by atoms with E-state index >= 15 is 0 Å². The first-order valence-corrected chi connectivity index (χ1v) is 8.09. The van der Waals surface area contributed by atoms with E-state index in [4.69, 9.17) is 5.84 Å². The van der Waals surface area contributed by atoms with Crippen molar-refractivity contribution >= 4 is 21.4 Å². The Morgan fingerprint density at radius 2 is 2.14 bits per heavy atom. The summed E-state index contributed by atoms with van der Waals surface area (Å²) in [7, 11) is -3.73. The molecule has 8 nitrogen and oxygen atoms in total. The number of anilines is 1. The summed E-state index contributed by atoms with van der Waals surface area (Å²) in [4.78, 5) is 10.3. The lowest BCUT2D eigenvalue weighted by Crippen LogP contribution is -2.41. The summed E-state index contributed by atoms with van der Waals surface area (Å²) >= 11 is 0. The number of nitro benzene ring substituents is 1. The van der Waals surface area contributed by atoms with Gasteiger partial charge in [-0.25, -0.2) is 8.42 Å². The van der Waals surface area contributed by atoms with E-state index in [-0.39, 0.29) is 22.3 Å². The first kappa shape index (κ1) is 15.7. The maximum atomic E-state index is 12.6. The lowest BCUT2D eigenvalue weighted by molar-refractivity contribution is -0.384. The minimum atomic E-state index is -3.73. The van der Waals surface area contributed by atoms with Gasteiger partial charge >= 0.3 is 0 Å². The third-order valence-electron chi connectivity index (χ3n) is 3.67. The molecule has 0 radical (unpaired) electrons. The maximum Gasteiger partial charge on any atom is 0.294 e. The zero-order chi connectivity index (χ0) is 15.6. The van der Waals surface area contributed by atoms with Crippen LogP contribution in [0.1, 0.15) is 26.2 Å². The monoisotopic (exact) mass is 314 g/mol. The van der Waals surface area contributed by atoms with Gasteiger partial charge < -0.3 is 5.43 Å². The number of nitrogens with two attached hydrogens (primary N) is 1. The number of piperidine rings is 1. The van der Waals surface area contributed by atoms with E-state index < -0.39 is 14.9 Å². The second-order valence-electron chi connectivity index (χ2n) is 5.04. The van der Waals surface area contributed by atoms with Crippen LogP contribution in [0.3, 0.4) is 0 Å². The van der Waals surface area contributed by atoms with Crippen LogP contribution in [0, 0.1) is 10.1 Å². The molecule has 0 spiro atoms. The summed E-state index contributed by atoms with van der Waals surface area (Å²) in [6.45, 7) is 2.29. The first-order valence-electron chi connectivity index (χ1n) is 6.65. The predicted molar refractivity (Wildman–Crippen MR) is 78.1 cm³/mol. The summed E-state index contributed by atoms with van der Waals surface area (Å²) in [5.74, 6) is 5.20. The van der Waals surface area contributed by atoms with E-state index in [0.717, 1.165) is 25.3 Å². The largest absolute Gasteiger partial charge is 0.318 e. The van der Waals surface area contributed by atoms with Crippen molar-refractivity contribution in [3.05, 3.63) is 28.3 Å². The molecule has 1 unspecified atom stereocenters. The number of nitro groups is 1. The minimum absolute atomic E-state index is 0.0747. The molecule has 0 saturated carbocycles. The molecule has 1 aliphatic rings. The average Bonchev–Trinajstić information content (AvgIpc) is 2.46. The highest BCUT2D eigenvalue weighted by Gasteiger charge is 2.32. The Hall–Kier alpha value is -1.71. The van der Waals surface area contributed by atoms with Gasteiger partial charge in [0.15, 0.2) is 0 Å². The molecule has 1 aliphatic heterocycles. The van der Waals surface area contributed by atoms with E-state index in [2.05, 4.69) is 5.43 Å². The van der Waals surface area contributed by atoms with Gasteiger partial charge in [0.1, 0.15) is 5.69 Å². The minimum Gasteiger partial charge on any atom is -0.318 e. The van der Waals surface area contributed by atoms with Gasteiger partial charge in [0.25, 0.3) is 5.69 Å². The molecule has 0 bridgehead atoms. The SMILES string of the molecule is CC1CCCCN1S(=O)(=O)c1ccc(NN)c([N+](=O)[O-])c1. The lowest BCUT2D eigenvalue weighted by atomic mass is 10.1. The van der Waals surface area contributed by atoms with Crippen LogP contribution >= 0.6 is 0 Å². The van der Waals surface area contributed by atoms with Crippen LogP contribution in [0.5, 0.6) is 0 Å². The molecule has 1 atom stereocenters. The van der Waals surface area contributed by atoms with Crippen LogP contribution in [-0.4, -0.2) is 30.2 Å². The summed E-state index contributed by atoms with van der Waals surface area (Å²) < 4.78 is 26.7. The standard InChI is InChI=1S/C12H18N4O4S/c1-9-4-2-3-7-15(9)21(19,20)10-5-6-11(14-13)12(8-10)16(17)18/h5-6,8-9,14H,2-4,7,13H2,1H3. The number of nitrogens with zero attached hydrogens (tertiary/aromatic N) is 2. The highest BCUT2D eigenvalue weighted by atomic mass is 32.2. The number of hydrogen-bond donors (Lipinski definition) is 2. The molecular weight excluding hydrogens is 296 g/mol. The van der Waals surface area contributed by atoms with Crippen LogP contribution in [-0.2, 0) is 10.0 Å². The molecule has 21 heavy (non-hydrogen) atoms. The summed E-state index contributed by atoms with van der Waals surface area (Å²) in [5, 5.41) is 11.0. The molecule has 0 aromatic heterocycles. The van der Waals surface area contributed by atoms with Gasteiger partial charge in [-0.1, -0.05) is 6.42 Å². The Kier molecular flexibility index (Phi) is 4.45. The van der Waals surface area contributed by atoms with Gasteiger partial charge in [-0.2, -0.15) is 4.31 Å². The molecule has 1 heterocycles. The normalized spacial score (nSPS) is 20.2. The van der Waals surface area contributed by atoms with Crippen molar-refractivity contribution in [3.8, 4) is 0 Å². The molecular formula is C12H18N4O4S. The Labute approximate surface area is 123 Å². The van der Waals surface area contributed by atoms with E-state index in [0.29, 0.717) is 6.54 Å². The van der Waals surface area contributed by atoms with E-state index in [1.807, 2.05) is 6.92 Å². The van der Waals surface area contributed by atoms with Gasteiger partial charge in [-0.15, -0.1) is 0 Å². The van der Waals surface area contributed by atoms with Gasteiger partial charge in [-0.05, 0) is 31.9 Å². The van der Waals surface area contributed by atoms with Crippen molar-refractivity contribution in [3.63, 3.8) is 0 Å². The fraction of sp³-hybridized carbons (Fsp3) is 0.500. The predicted octanol–water partition coefficient (Wildman–Crippen LogP) is 1.44. The number of hydrogen-bond acceptors (Lipinski definition) is 6. The molecule has 9 heteroatoms. The van der Waals surface area contributed by atoms with Crippen molar-refractivity contribution in [2.45, 2.75) is 37.1 Å². The van der Waals surface area contributed by atoms with Gasteiger partial charge in [0, 0.05) is 18.7 Å². The Morgan fingerprint density at radius 1 is 1.43 bits per heavy atom. The molecule has 2 rings (SSSR count). The summed E-state index contributed by atoms with van der Waals surface area (Å²) in [5.41, 5.74) is 1.91. The van der Waals surface area contributed by atoms with Gasteiger partial charge in [0.2, 0.25) is 10.0 Å². The van der Waals surface area contributed by atoms with Crippen molar-refractivity contribution < 1.29 is 13.3 Å². The second kappa shape index (κ2) is 5.96. The quantitative estimate of drug-likeness (QED) is 0.493. The zero-order valence-corrected chi connectivity index (χ0v) is 12.5. The summed E-state index contributed by atoms with van der Waals surface area (Å²) in [6, 6.07) is 3.58. The van der Waals surface area contributed by atoms with Gasteiger partial charge in [0.05, 0.1) is 9.82 Å². The van der Waals surface area contributed by atoms with Crippen molar-refractivity contribution in [2.24, 2.45) is 5.84 Å². The Balaban J connectivity index is 2.45. The van der Waals surface area contributed by atoms with Crippen molar-refractivity contribution in [1.82, 2.24) is 4.31 Å². The number of hydrazine groups is 1. The molecule has 116 valence electrons. The van der Waals surface area contributed by atoms with Crippen LogP contribution in [0.4, 0.5) is 11.4 Å². The van der Waals surface area contributed by atoms with Crippen LogP contribution in [0.15, 0.2) is 23.1 Å². The molecule has 0 aliphatic carbocycles. The van der Waals surface area contributed by atoms with E-state index in [1.165, 1.54) is 16.4 Å². The topological polar surface area (TPSA) is 119 Å². The summed E-state index contributed by atoms with van der Waals surface area (Å²) in [6.07, 6.45) is 2.58. The third-order valence-corrected chi connectivity index (χ3v) is 5.68. The van der Waals surface area contributed by atoms with Crippen molar-refractivity contribution in [1.29, 1.82) is 0 Å². The number of rotatable bonds is 4. The van der Waals surface area contributed by atoms with Crippen LogP contribution in [0.25, 0.3) is 0 Å². The highest BCUT2D eigenvalue weighted by Crippen LogP contribution is 2.30. The molecule has 3 N–H and O–H groups in total. The number of nitrogen functional groups attached to an aromatic ring is 1. The van der Waals surface area contributed by atoms with Crippen LogP contribution in [0.2, 0.25) is 0 Å². The average molecular weight is 314 g/mol.